The molecule has 72 valence electrons. The molecule has 0 spiro atoms. The molecule has 0 bridgehead atoms. The molecule has 0 fully saturated rings. The van der Waals surface area contributed by atoms with Gasteiger partial charge in [-0.3, -0.25) is 0 Å². The molecule has 0 aromatic carbocycles. The van der Waals surface area contributed by atoms with Gasteiger partial charge in [-0.2, -0.15) is 0 Å². The lowest BCUT2D eigenvalue weighted by Crippen LogP contribution is -2.17. The van der Waals surface area contributed by atoms with Crippen LogP contribution in [0.5, 0.6) is 0 Å². The molecule has 0 radical (unpaired) electrons. The molecule has 1 atom stereocenters. The van der Waals surface area contributed by atoms with E-state index >= 15 is 0 Å². The maximum Gasteiger partial charge on any atom is 0.163 e. The molecule has 0 amide bonds. The first-order valence-electron chi connectivity index (χ1n) is 4.38. The Kier molecular flexibility index (Phi) is 2.64. The summed E-state index contributed by atoms with van der Waals surface area (Å²) in [6, 6.07) is 0. The highest BCUT2D eigenvalue weighted by atomic mass is 19.1. The molecule has 0 N–H and O–H groups in total. The van der Waals surface area contributed by atoms with Crippen LogP contribution in [0.25, 0.3) is 0 Å². The van der Waals surface area contributed by atoms with Crippen LogP contribution in [0.1, 0.15) is 39.3 Å². The van der Waals surface area contributed by atoms with Crippen LogP contribution < -0.4 is 0 Å². The zero-order chi connectivity index (χ0) is 10.1. The Bertz CT molecular complexity index is 291. The Balaban J connectivity index is 3.02. The van der Waals surface area contributed by atoms with E-state index < -0.39 is 0 Å². The molecule has 3 heteroatoms. The summed E-state index contributed by atoms with van der Waals surface area (Å²) < 4.78 is 13.2. The molecule has 0 aliphatic carbocycles. The van der Waals surface area contributed by atoms with Gasteiger partial charge in [-0.15, -0.1) is 0 Å². The third kappa shape index (κ3) is 2.23. The zero-order valence-corrected chi connectivity index (χ0v) is 8.50. The average Bonchev–Trinajstić information content (AvgIpc) is 2.02. The summed E-state index contributed by atoms with van der Waals surface area (Å²) in [6.07, 6.45) is 2.60. The summed E-state index contributed by atoms with van der Waals surface area (Å²) in [5, 5.41) is 0. The monoisotopic (exact) mass is 182 g/mol. The summed E-state index contributed by atoms with van der Waals surface area (Å²) in [6.45, 7) is 8.18. The molecule has 1 aromatic rings. The standard InChI is InChI=1S/C10H15FN2/c1-7(10(2,3)4)9-8(11)5-12-6-13-9/h5-7H,1-4H3. The second-order valence-electron chi connectivity index (χ2n) is 4.34. The number of aromatic nitrogens is 2. The molecular formula is C10H15FN2. The molecule has 1 rings (SSSR count). The van der Waals surface area contributed by atoms with Crippen LogP contribution in [-0.4, -0.2) is 9.97 Å². The number of rotatable bonds is 1. The van der Waals surface area contributed by atoms with Gasteiger partial charge in [-0.05, 0) is 5.41 Å². The minimum absolute atomic E-state index is 0.0230. The highest BCUT2D eigenvalue weighted by Crippen LogP contribution is 2.33. The fourth-order valence-corrected chi connectivity index (χ4v) is 1.05. The Morgan fingerprint density at radius 1 is 1.38 bits per heavy atom. The van der Waals surface area contributed by atoms with Gasteiger partial charge in [0.1, 0.15) is 6.33 Å². The van der Waals surface area contributed by atoms with Gasteiger partial charge >= 0.3 is 0 Å². The Labute approximate surface area is 78.2 Å². The summed E-state index contributed by atoms with van der Waals surface area (Å²) >= 11 is 0. The summed E-state index contributed by atoms with van der Waals surface area (Å²) in [5.41, 5.74) is 0.525. The van der Waals surface area contributed by atoms with E-state index in [1.54, 1.807) is 0 Å². The predicted octanol–water partition coefficient (Wildman–Crippen LogP) is 2.77. The second kappa shape index (κ2) is 3.40. The van der Waals surface area contributed by atoms with Gasteiger partial charge in [-0.1, -0.05) is 27.7 Å². The minimum atomic E-state index is -0.315. The fraction of sp³-hybridized carbons (Fsp3) is 0.600. The Morgan fingerprint density at radius 2 is 2.00 bits per heavy atom. The first kappa shape index (κ1) is 10.1. The van der Waals surface area contributed by atoms with Crippen LogP contribution in [-0.2, 0) is 0 Å². The average molecular weight is 182 g/mol. The van der Waals surface area contributed by atoms with Crippen molar-refractivity contribution >= 4 is 0 Å². The largest absolute Gasteiger partial charge is 0.242 e. The van der Waals surface area contributed by atoms with Crippen molar-refractivity contribution in [2.24, 2.45) is 5.41 Å². The van der Waals surface area contributed by atoms with Crippen molar-refractivity contribution in [2.75, 3.05) is 0 Å². The first-order chi connectivity index (χ1) is 5.93. The lowest BCUT2D eigenvalue weighted by atomic mass is 9.80. The molecule has 0 aliphatic rings. The van der Waals surface area contributed by atoms with Gasteiger partial charge in [0.05, 0.1) is 11.9 Å². The third-order valence-electron chi connectivity index (χ3n) is 2.41. The molecule has 13 heavy (non-hydrogen) atoms. The number of nitrogens with zero attached hydrogens (tertiary/aromatic N) is 2. The van der Waals surface area contributed by atoms with Gasteiger partial charge in [0.25, 0.3) is 0 Å². The van der Waals surface area contributed by atoms with Crippen LogP contribution in [0.4, 0.5) is 4.39 Å². The molecule has 0 saturated carbocycles. The van der Waals surface area contributed by atoms with Gasteiger partial charge < -0.3 is 0 Å². The van der Waals surface area contributed by atoms with Gasteiger partial charge in [0.15, 0.2) is 5.82 Å². The molecule has 1 heterocycles. The van der Waals surface area contributed by atoms with E-state index in [2.05, 4.69) is 30.7 Å². The van der Waals surface area contributed by atoms with E-state index in [0.717, 1.165) is 0 Å². The number of hydrogen-bond donors (Lipinski definition) is 0. The summed E-state index contributed by atoms with van der Waals surface area (Å²) in [7, 11) is 0. The summed E-state index contributed by atoms with van der Waals surface area (Å²) in [5.74, 6) is -0.222. The van der Waals surface area contributed by atoms with E-state index in [1.807, 2.05) is 6.92 Å². The van der Waals surface area contributed by atoms with Crippen LogP contribution in [0.2, 0.25) is 0 Å². The van der Waals surface area contributed by atoms with Crippen molar-refractivity contribution in [3.8, 4) is 0 Å². The smallest absolute Gasteiger partial charge is 0.163 e. The highest BCUT2D eigenvalue weighted by Gasteiger charge is 2.25. The second-order valence-corrected chi connectivity index (χ2v) is 4.34. The van der Waals surface area contributed by atoms with Crippen molar-refractivity contribution in [1.29, 1.82) is 0 Å². The van der Waals surface area contributed by atoms with Crippen molar-refractivity contribution in [1.82, 2.24) is 9.97 Å². The van der Waals surface area contributed by atoms with Crippen molar-refractivity contribution in [3.05, 3.63) is 24.0 Å². The number of hydrogen-bond acceptors (Lipinski definition) is 2. The van der Waals surface area contributed by atoms with Crippen molar-refractivity contribution in [2.45, 2.75) is 33.6 Å². The van der Waals surface area contributed by atoms with E-state index in [0.29, 0.717) is 5.69 Å². The van der Waals surface area contributed by atoms with Crippen LogP contribution in [0, 0.1) is 11.2 Å². The lowest BCUT2D eigenvalue weighted by molar-refractivity contribution is 0.324. The molecule has 2 nitrogen and oxygen atoms in total. The van der Waals surface area contributed by atoms with E-state index in [4.69, 9.17) is 0 Å². The SMILES string of the molecule is CC(c1ncncc1F)C(C)(C)C. The first-order valence-corrected chi connectivity index (χ1v) is 4.38. The maximum atomic E-state index is 13.2. The predicted molar refractivity (Wildman–Crippen MR) is 49.9 cm³/mol. The van der Waals surface area contributed by atoms with Crippen LogP contribution >= 0.6 is 0 Å². The van der Waals surface area contributed by atoms with Gasteiger partial charge in [0.2, 0.25) is 0 Å². The topological polar surface area (TPSA) is 25.8 Å². The van der Waals surface area contributed by atoms with E-state index in [-0.39, 0.29) is 17.2 Å². The Hall–Kier alpha value is -0.990. The molecule has 0 saturated heterocycles. The molecule has 0 aliphatic heterocycles. The summed E-state index contributed by atoms with van der Waals surface area (Å²) in [4.78, 5) is 7.58. The van der Waals surface area contributed by atoms with Crippen molar-refractivity contribution in [3.63, 3.8) is 0 Å². The normalized spacial score (nSPS) is 14.2. The quantitative estimate of drug-likeness (QED) is 0.667. The number of halogens is 1. The minimum Gasteiger partial charge on any atom is -0.242 e. The maximum absolute atomic E-state index is 13.2. The molecular weight excluding hydrogens is 167 g/mol. The van der Waals surface area contributed by atoms with E-state index in [1.165, 1.54) is 12.5 Å². The van der Waals surface area contributed by atoms with E-state index in [9.17, 15) is 4.39 Å². The highest BCUT2D eigenvalue weighted by molar-refractivity contribution is 5.10. The molecule has 1 aromatic heterocycles. The molecule has 1 unspecified atom stereocenters. The zero-order valence-electron chi connectivity index (χ0n) is 8.50. The lowest BCUT2D eigenvalue weighted by Gasteiger charge is -2.26. The fourth-order valence-electron chi connectivity index (χ4n) is 1.05. The Morgan fingerprint density at radius 3 is 2.46 bits per heavy atom. The van der Waals surface area contributed by atoms with Crippen LogP contribution in [0.3, 0.4) is 0 Å². The van der Waals surface area contributed by atoms with Crippen LogP contribution in [0.15, 0.2) is 12.5 Å². The van der Waals surface area contributed by atoms with Gasteiger partial charge in [0, 0.05) is 5.92 Å². The van der Waals surface area contributed by atoms with Gasteiger partial charge in [-0.25, -0.2) is 14.4 Å². The van der Waals surface area contributed by atoms with Crippen molar-refractivity contribution < 1.29 is 4.39 Å². The third-order valence-corrected chi connectivity index (χ3v) is 2.41.